The van der Waals surface area contributed by atoms with Crippen LogP contribution < -0.4 is 0 Å². The SMILES string of the molecule is CC.CC.CC.CC=O.CCCC1CC12CC(C)N(C)C2. The molecular weight excluding hydrogens is 258 g/mol. The fraction of sp³-hybridized carbons (Fsp3) is 0.947. The largest absolute Gasteiger partial charge is 0.304 e. The van der Waals surface area contributed by atoms with Gasteiger partial charge in [0.2, 0.25) is 0 Å². The highest BCUT2D eigenvalue weighted by Gasteiger charge is 2.57. The van der Waals surface area contributed by atoms with E-state index in [4.69, 9.17) is 4.79 Å². The van der Waals surface area contributed by atoms with Crippen molar-refractivity contribution in [3.8, 4) is 0 Å². The molecule has 1 spiro atoms. The molecule has 1 aliphatic heterocycles. The molecule has 2 fully saturated rings. The summed E-state index contributed by atoms with van der Waals surface area (Å²) in [7, 11) is 2.28. The molecule has 0 amide bonds. The van der Waals surface area contributed by atoms with Gasteiger partial charge in [0.25, 0.3) is 0 Å². The summed E-state index contributed by atoms with van der Waals surface area (Å²) < 4.78 is 0. The molecule has 0 aromatic rings. The Labute approximate surface area is 135 Å². The van der Waals surface area contributed by atoms with Gasteiger partial charge in [-0.25, -0.2) is 0 Å². The fourth-order valence-electron chi connectivity index (χ4n) is 3.09. The molecule has 1 heterocycles. The van der Waals surface area contributed by atoms with Gasteiger partial charge in [-0.1, -0.05) is 61.3 Å². The third-order valence-corrected chi connectivity index (χ3v) is 4.01. The molecule has 2 aliphatic rings. The minimum Gasteiger partial charge on any atom is -0.304 e. The standard InChI is InChI=1S/C11H21N.C2H4O.3C2H6/c1-4-5-10-7-11(10)6-9(2)12(3)8-11;1-2-3;3*1-2/h9-10H,4-8H2,1-3H3;2H,1H3;3*1-2H3. The summed E-state index contributed by atoms with van der Waals surface area (Å²) in [5, 5.41) is 0. The Balaban J connectivity index is -0.000000308. The lowest BCUT2D eigenvalue weighted by Gasteiger charge is -2.12. The maximum atomic E-state index is 8.81. The van der Waals surface area contributed by atoms with E-state index in [0.717, 1.165) is 23.7 Å². The van der Waals surface area contributed by atoms with Gasteiger partial charge in [0.05, 0.1) is 0 Å². The first kappa shape index (κ1) is 25.6. The van der Waals surface area contributed by atoms with E-state index >= 15 is 0 Å². The minimum atomic E-state index is 0.750. The molecule has 21 heavy (non-hydrogen) atoms. The van der Waals surface area contributed by atoms with E-state index in [1.54, 1.807) is 0 Å². The number of rotatable bonds is 2. The van der Waals surface area contributed by atoms with Crippen LogP contribution in [0.1, 0.15) is 88.0 Å². The molecule has 0 radical (unpaired) electrons. The molecule has 0 aromatic heterocycles. The van der Waals surface area contributed by atoms with Crippen molar-refractivity contribution < 1.29 is 4.79 Å². The van der Waals surface area contributed by atoms with Crippen LogP contribution in [0.25, 0.3) is 0 Å². The van der Waals surface area contributed by atoms with Gasteiger partial charge in [-0.05, 0) is 45.1 Å². The van der Waals surface area contributed by atoms with Crippen LogP contribution in [0.2, 0.25) is 0 Å². The molecule has 1 aliphatic carbocycles. The first-order chi connectivity index (χ1) is 10.1. The molecule has 1 saturated carbocycles. The molecule has 3 unspecified atom stereocenters. The summed E-state index contributed by atoms with van der Waals surface area (Å²) in [6, 6.07) is 0.840. The van der Waals surface area contributed by atoms with Gasteiger partial charge >= 0.3 is 0 Å². The molecule has 2 heteroatoms. The number of hydrogen-bond donors (Lipinski definition) is 0. The summed E-state index contributed by atoms with van der Waals surface area (Å²) in [6.07, 6.45) is 6.59. The van der Waals surface area contributed by atoms with Crippen LogP contribution >= 0.6 is 0 Å². The fourth-order valence-corrected chi connectivity index (χ4v) is 3.09. The molecule has 3 atom stereocenters. The number of likely N-dealkylation sites (tertiary alicyclic amines) is 1. The smallest absolute Gasteiger partial charge is 0.116 e. The van der Waals surface area contributed by atoms with Crippen LogP contribution in [-0.2, 0) is 4.79 Å². The van der Waals surface area contributed by atoms with Crippen molar-refractivity contribution in [1.29, 1.82) is 0 Å². The second-order valence-electron chi connectivity index (χ2n) is 5.26. The zero-order valence-electron chi connectivity index (χ0n) is 16.6. The van der Waals surface area contributed by atoms with Crippen LogP contribution in [0.4, 0.5) is 0 Å². The Morgan fingerprint density at radius 1 is 1.10 bits per heavy atom. The minimum absolute atomic E-state index is 0.750. The Bertz CT molecular complexity index is 206. The maximum absolute atomic E-state index is 8.81. The lowest BCUT2D eigenvalue weighted by Crippen LogP contribution is -2.21. The van der Waals surface area contributed by atoms with Crippen LogP contribution in [0.5, 0.6) is 0 Å². The predicted molar refractivity (Wildman–Crippen MR) is 97.9 cm³/mol. The zero-order valence-corrected chi connectivity index (χ0v) is 16.6. The number of aldehydes is 1. The van der Waals surface area contributed by atoms with Gasteiger partial charge in [-0.2, -0.15) is 0 Å². The van der Waals surface area contributed by atoms with Crippen molar-refractivity contribution in [3.63, 3.8) is 0 Å². The molecule has 2 nitrogen and oxygen atoms in total. The molecule has 0 bridgehead atoms. The van der Waals surface area contributed by atoms with E-state index in [9.17, 15) is 0 Å². The number of nitrogens with zero attached hydrogens (tertiary/aromatic N) is 1. The number of hydrogen-bond acceptors (Lipinski definition) is 2. The highest BCUT2D eigenvalue weighted by Crippen LogP contribution is 2.61. The quantitative estimate of drug-likeness (QED) is 0.601. The van der Waals surface area contributed by atoms with Gasteiger partial charge in [-0.3, -0.25) is 0 Å². The Kier molecular flexibility index (Phi) is 19.5. The van der Waals surface area contributed by atoms with Crippen LogP contribution in [0.15, 0.2) is 0 Å². The van der Waals surface area contributed by atoms with E-state index in [2.05, 4.69) is 25.8 Å². The maximum Gasteiger partial charge on any atom is 0.116 e. The van der Waals surface area contributed by atoms with Gasteiger partial charge < -0.3 is 9.69 Å². The topological polar surface area (TPSA) is 20.3 Å². The summed E-state index contributed by atoms with van der Waals surface area (Å²) in [4.78, 5) is 11.3. The van der Waals surface area contributed by atoms with Gasteiger partial charge in [0.1, 0.15) is 6.29 Å². The van der Waals surface area contributed by atoms with E-state index in [0.29, 0.717) is 0 Å². The third-order valence-electron chi connectivity index (χ3n) is 4.01. The van der Waals surface area contributed by atoms with Crippen molar-refractivity contribution in [2.24, 2.45) is 11.3 Å². The lowest BCUT2D eigenvalue weighted by atomic mass is 9.98. The average molecular weight is 302 g/mol. The monoisotopic (exact) mass is 301 g/mol. The summed E-state index contributed by atoms with van der Waals surface area (Å²) in [5.74, 6) is 1.08. The average Bonchev–Trinajstić information content (AvgIpc) is 3.08. The number of carbonyl (C=O) groups excluding carboxylic acids is 1. The molecule has 0 aromatic carbocycles. The molecule has 0 N–H and O–H groups in total. The second-order valence-corrected chi connectivity index (χ2v) is 5.26. The zero-order chi connectivity index (χ0) is 17.5. The van der Waals surface area contributed by atoms with E-state index in [1.807, 2.05) is 41.5 Å². The molecule has 130 valence electrons. The van der Waals surface area contributed by atoms with Crippen molar-refractivity contribution in [2.45, 2.75) is 94.0 Å². The Hall–Kier alpha value is -0.370. The highest BCUT2D eigenvalue weighted by molar-refractivity contribution is 5.44. The number of carbonyl (C=O) groups is 1. The normalized spacial score (nSPS) is 28.5. The third kappa shape index (κ3) is 9.29. The van der Waals surface area contributed by atoms with Crippen molar-refractivity contribution >= 4 is 6.29 Å². The lowest BCUT2D eigenvalue weighted by molar-refractivity contribution is -0.106. The molecular formula is C19H43NO. The second kappa shape index (κ2) is 16.0. The van der Waals surface area contributed by atoms with Gasteiger partial charge in [0.15, 0.2) is 0 Å². The van der Waals surface area contributed by atoms with Gasteiger partial charge in [-0.15, -0.1) is 0 Å². The highest BCUT2D eigenvalue weighted by atomic mass is 16.1. The summed E-state index contributed by atoms with van der Waals surface area (Å²) in [6.45, 7) is 19.5. The van der Waals surface area contributed by atoms with Crippen LogP contribution in [-0.4, -0.2) is 30.8 Å². The van der Waals surface area contributed by atoms with E-state index in [1.165, 1.54) is 39.2 Å². The predicted octanol–water partition coefficient (Wildman–Crippen LogP) is 5.80. The van der Waals surface area contributed by atoms with Gasteiger partial charge in [0, 0.05) is 12.6 Å². The summed E-state index contributed by atoms with van der Waals surface area (Å²) >= 11 is 0. The van der Waals surface area contributed by atoms with Crippen molar-refractivity contribution in [1.82, 2.24) is 4.90 Å². The summed E-state index contributed by atoms with van der Waals surface area (Å²) in [5.41, 5.74) is 0.782. The molecule has 1 saturated heterocycles. The van der Waals surface area contributed by atoms with Crippen LogP contribution in [0.3, 0.4) is 0 Å². The molecule has 2 rings (SSSR count). The Morgan fingerprint density at radius 2 is 1.52 bits per heavy atom. The van der Waals surface area contributed by atoms with Crippen molar-refractivity contribution in [3.05, 3.63) is 0 Å². The van der Waals surface area contributed by atoms with Crippen LogP contribution in [0, 0.1) is 11.3 Å². The first-order valence-corrected chi connectivity index (χ1v) is 9.19. The Morgan fingerprint density at radius 3 is 1.81 bits per heavy atom. The van der Waals surface area contributed by atoms with Crippen molar-refractivity contribution in [2.75, 3.05) is 13.6 Å². The first-order valence-electron chi connectivity index (χ1n) is 9.19. The van der Waals surface area contributed by atoms with E-state index in [-0.39, 0.29) is 0 Å². The van der Waals surface area contributed by atoms with E-state index < -0.39 is 0 Å².